The second-order valence-electron chi connectivity index (χ2n) is 5.94. The van der Waals surface area contributed by atoms with Crippen LogP contribution in [0.2, 0.25) is 0 Å². The van der Waals surface area contributed by atoms with Crippen LogP contribution in [0.15, 0.2) is 35.3 Å². The molecule has 2 N–H and O–H groups in total. The topological polar surface area (TPSA) is 76.4 Å². The van der Waals surface area contributed by atoms with Crippen LogP contribution >= 0.6 is 0 Å². The quantitative estimate of drug-likeness (QED) is 0.435. The maximum Gasteiger partial charge on any atom is 0.192 e. The SMILES string of the molecule is COCCCNC(=NCc1nnc(C)n1C)NC(C)c1ccccc1. The number of nitrogens with zero attached hydrogens (tertiary/aromatic N) is 4. The molecule has 0 aliphatic rings. The number of nitrogens with one attached hydrogen (secondary N) is 2. The first kappa shape index (κ1) is 18.9. The zero-order valence-corrected chi connectivity index (χ0v) is 15.5. The molecule has 0 aliphatic heterocycles. The van der Waals surface area contributed by atoms with Crippen molar-refractivity contribution < 1.29 is 4.74 Å². The van der Waals surface area contributed by atoms with Gasteiger partial charge >= 0.3 is 0 Å². The van der Waals surface area contributed by atoms with Gasteiger partial charge in [0.2, 0.25) is 0 Å². The number of methoxy groups -OCH3 is 1. The van der Waals surface area contributed by atoms with E-state index < -0.39 is 0 Å². The van der Waals surface area contributed by atoms with Crippen molar-refractivity contribution >= 4 is 5.96 Å². The zero-order valence-electron chi connectivity index (χ0n) is 15.5. The van der Waals surface area contributed by atoms with Crippen molar-refractivity contribution in [1.29, 1.82) is 0 Å². The van der Waals surface area contributed by atoms with E-state index >= 15 is 0 Å². The lowest BCUT2D eigenvalue weighted by Crippen LogP contribution is -2.39. The molecule has 0 amide bonds. The summed E-state index contributed by atoms with van der Waals surface area (Å²) in [6.45, 7) is 6.03. The van der Waals surface area contributed by atoms with Crippen LogP contribution in [-0.2, 0) is 18.3 Å². The number of hydrogen-bond donors (Lipinski definition) is 2. The summed E-state index contributed by atoms with van der Waals surface area (Å²) in [5.74, 6) is 2.47. The van der Waals surface area contributed by atoms with Crippen LogP contribution < -0.4 is 10.6 Å². The molecule has 0 bridgehead atoms. The Bertz CT molecular complexity index is 667. The van der Waals surface area contributed by atoms with Crippen LogP contribution in [0.3, 0.4) is 0 Å². The van der Waals surface area contributed by atoms with Gasteiger partial charge in [-0.15, -0.1) is 10.2 Å². The zero-order chi connectivity index (χ0) is 18.1. The lowest BCUT2D eigenvalue weighted by molar-refractivity contribution is 0.195. The lowest BCUT2D eigenvalue weighted by atomic mass is 10.1. The number of aryl methyl sites for hydroxylation is 1. The molecule has 1 aromatic carbocycles. The fraction of sp³-hybridized carbons (Fsp3) is 0.500. The summed E-state index contributed by atoms with van der Waals surface area (Å²) in [7, 11) is 3.66. The fourth-order valence-corrected chi connectivity index (χ4v) is 2.34. The monoisotopic (exact) mass is 344 g/mol. The van der Waals surface area contributed by atoms with E-state index in [1.54, 1.807) is 7.11 Å². The highest BCUT2D eigenvalue weighted by Gasteiger charge is 2.09. The van der Waals surface area contributed by atoms with Crippen LogP contribution in [0.5, 0.6) is 0 Å². The van der Waals surface area contributed by atoms with E-state index in [0.29, 0.717) is 6.54 Å². The minimum atomic E-state index is 0.149. The Hall–Kier alpha value is -2.41. The number of ether oxygens (including phenoxy) is 1. The van der Waals surface area contributed by atoms with Gasteiger partial charge < -0.3 is 19.9 Å². The highest BCUT2D eigenvalue weighted by Crippen LogP contribution is 2.11. The Morgan fingerprint density at radius 3 is 2.68 bits per heavy atom. The first-order valence-corrected chi connectivity index (χ1v) is 8.55. The molecular weight excluding hydrogens is 316 g/mol. The number of aliphatic imine (C=N–C) groups is 1. The molecule has 0 spiro atoms. The maximum absolute atomic E-state index is 5.10. The highest BCUT2D eigenvalue weighted by atomic mass is 16.5. The summed E-state index contributed by atoms with van der Waals surface area (Å²) in [6.07, 6.45) is 0.917. The molecule has 0 aliphatic carbocycles. The average molecular weight is 344 g/mol. The molecule has 136 valence electrons. The van der Waals surface area contributed by atoms with Crippen LogP contribution in [0.1, 0.15) is 36.6 Å². The van der Waals surface area contributed by atoms with Crippen molar-refractivity contribution in [2.24, 2.45) is 12.0 Å². The second-order valence-corrected chi connectivity index (χ2v) is 5.94. The Balaban J connectivity index is 2.03. The minimum Gasteiger partial charge on any atom is -0.385 e. The third kappa shape index (κ3) is 5.86. The van der Waals surface area contributed by atoms with Crippen LogP contribution in [-0.4, -0.2) is 41.0 Å². The smallest absolute Gasteiger partial charge is 0.192 e. The van der Waals surface area contributed by atoms with Crippen molar-refractivity contribution in [2.45, 2.75) is 32.9 Å². The van der Waals surface area contributed by atoms with Gasteiger partial charge in [0.1, 0.15) is 12.4 Å². The van der Waals surface area contributed by atoms with E-state index in [2.05, 4.69) is 44.9 Å². The van der Waals surface area contributed by atoms with Crippen LogP contribution in [0, 0.1) is 6.92 Å². The van der Waals surface area contributed by atoms with Crippen molar-refractivity contribution in [3.63, 3.8) is 0 Å². The molecule has 1 atom stereocenters. The summed E-state index contributed by atoms with van der Waals surface area (Å²) in [6, 6.07) is 10.5. The predicted molar refractivity (Wildman–Crippen MR) is 99.4 cm³/mol. The van der Waals surface area contributed by atoms with E-state index in [4.69, 9.17) is 4.74 Å². The number of hydrogen-bond acceptors (Lipinski definition) is 4. The predicted octanol–water partition coefficient (Wildman–Crippen LogP) is 1.96. The molecular formula is C18H28N6O. The van der Waals surface area contributed by atoms with Crippen molar-refractivity contribution in [3.8, 4) is 0 Å². The van der Waals surface area contributed by atoms with Crippen LogP contribution in [0.4, 0.5) is 0 Å². The molecule has 1 aromatic heterocycles. The molecule has 2 aromatic rings. The number of rotatable bonds is 8. The van der Waals surface area contributed by atoms with Gasteiger partial charge in [0.25, 0.3) is 0 Å². The number of guanidine groups is 1. The maximum atomic E-state index is 5.10. The third-order valence-electron chi connectivity index (χ3n) is 4.03. The summed E-state index contributed by atoms with van der Waals surface area (Å²) >= 11 is 0. The van der Waals surface area contributed by atoms with E-state index in [0.717, 1.165) is 37.2 Å². The number of benzene rings is 1. The van der Waals surface area contributed by atoms with E-state index in [9.17, 15) is 0 Å². The third-order valence-corrected chi connectivity index (χ3v) is 4.03. The van der Waals surface area contributed by atoms with Gasteiger partial charge in [-0.05, 0) is 25.8 Å². The largest absolute Gasteiger partial charge is 0.385 e. The molecule has 1 heterocycles. The van der Waals surface area contributed by atoms with Gasteiger partial charge in [-0.1, -0.05) is 30.3 Å². The van der Waals surface area contributed by atoms with Crippen molar-refractivity contribution in [3.05, 3.63) is 47.5 Å². The van der Waals surface area contributed by atoms with Crippen molar-refractivity contribution in [2.75, 3.05) is 20.3 Å². The second kappa shape index (κ2) is 9.78. The summed E-state index contributed by atoms with van der Waals surface area (Å²) in [5, 5.41) is 15.0. The Morgan fingerprint density at radius 2 is 2.04 bits per heavy atom. The van der Waals surface area contributed by atoms with Gasteiger partial charge in [0, 0.05) is 27.3 Å². The van der Waals surface area contributed by atoms with Gasteiger partial charge in [0.15, 0.2) is 11.8 Å². The molecule has 7 nitrogen and oxygen atoms in total. The molecule has 7 heteroatoms. The highest BCUT2D eigenvalue weighted by molar-refractivity contribution is 5.80. The van der Waals surface area contributed by atoms with E-state index in [-0.39, 0.29) is 6.04 Å². The summed E-state index contributed by atoms with van der Waals surface area (Å²) < 4.78 is 7.05. The molecule has 25 heavy (non-hydrogen) atoms. The first-order chi connectivity index (χ1) is 12.1. The van der Waals surface area contributed by atoms with Gasteiger partial charge in [-0.3, -0.25) is 0 Å². The molecule has 0 saturated carbocycles. The van der Waals surface area contributed by atoms with Crippen LogP contribution in [0.25, 0.3) is 0 Å². The Kier molecular flexibility index (Phi) is 7.40. The minimum absolute atomic E-state index is 0.149. The van der Waals surface area contributed by atoms with Gasteiger partial charge in [-0.25, -0.2) is 4.99 Å². The van der Waals surface area contributed by atoms with Crippen molar-refractivity contribution in [1.82, 2.24) is 25.4 Å². The van der Waals surface area contributed by atoms with Gasteiger partial charge in [-0.2, -0.15) is 0 Å². The lowest BCUT2D eigenvalue weighted by Gasteiger charge is -2.18. The Labute approximate surface area is 149 Å². The average Bonchev–Trinajstić information content (AvgIpc) is 2.95. The first-order valence-electron chi connectivity index (χ1n) is 8.55. The molecule has 0 fully saturated rings. The van der Waals surface area contributed by atoms with E-state index in [1.165, 1.54) is 5.56 Å². The molecule has 0 radical (unpaired) electrons. The fourth-order valence-electron chi connectivity index (χ4n) is 2.34. The number of aromatic nitrogens is 3. The van der Waals surface area contributed by atoms with Gasteiger partial charge in [0.05, 0.1) is 6.04 Å². The normalized spacial score (nSPS) is 12.9. The summed E-state index contributed by atoms with van der Waals surface area (Å²) in [5.41, 5.74) is 1.21. The standard InChI is InChI=1S/C18H28N6O/c1-14(16-9-6-5-7-10-16)21-18(19-11-8-12-25-4)20-13-17-23-22-15(2)24(17)3/h5-7,9-10,14H,8,11-13H2,1-4H3,(H2,19,20,21). The molecule has 1 unspecified atom stereocenters. The van der Waals surface area contributed by atoms with E-state index in [1.807, 2.05) is 36.7 Å². The molecule has 2 rings (SSSR count). The molecule has 0 saturated heterocycles. The summed E-state index contributed by atoms with van der Waals surface area (Å²) in [4.78, 5) is 4.66. The Morgan fingerprint density at radius 1 is 1.28 bits per heavy atom.